The van der Waals surface area contributed by atoms with Gasteiger partial charge in [0, 0.05) is 50.9 Å². The molecular formula is C21H23ClFN3O3. The maximum Gasteiger partial charge on any atom is 0.260 e. The summed E-state index contributed by atoms with van der Waals surface area (Å²) in [6.45, 7) is 1.53. The topological polar surface area (TPSA) is 53.1 Å². The molecule has 0 unspecified atom stereocenters. The van der Waals surface area contributed by atoms with Gasteiger partial charge < -0.3 is 19.4 Å². The number of ether oxygens (including phenoxy) is 1. The predicted molar refractivity (Wildman–Crippen MR) is 110 cm³/mol. The van der Waals surface area contributed by atoms with E-state index in [0.29, 0.717) is 48.2 Å². The number of nitrogens with zero attached hydrogens (tertiary/aromatic N) is 3. The highest BCUT2D eigenvalue weighted by Crippen LogP contribution is 2.20. The SMILES string of the molecule is CN(C)c1ccc(C(=O)N2CCN(C(=O)COc3ccc(Cl)cc3)CC2)cc1F. The average molecular weight is 420 g/mol. The predicted octanol–water partition coefficient (Wildman–Crippen LogP) is 2.91. The molecule has 2 aromatic carbocycles. The van der Waals surface area contributed by atoms with Crippen LogP contribution >= 0.6 is 11.6 Å². The summed E-state index contributed by atoms with van der Waals surface area (Å²) in [5.74, 6) is -0.249. The summed E-state index contributed by atoms with van der Waals surface area (Å²) >= 11 is 5.82. The molecule has 0 N–H and O–H groups in total. The molecule has 0 aromatic heterocycles. The summed E-state index contributed by atoms with van der Waals surface area (Å²) in [5, 5.41) is 0.598. The van der Waals surface area contributed by atoms with E-state index in [2.05, 4.69) is 0 Å². The third-order valence-electron chi connectivity index (χ3n) is 4.77. The zero-order chi connectivity index (χ0) is 21.0. The van der Waals surface area contributed by atoms with Gasteiger partial charge in [-0.1, -0.05) is 11.6 Å². The Bertz CT molecular complexity index is 881. The number of hydrogen-bond donors (Lipinski definition) is 0. The van der Waals surface area contributed by atoms with Crippen molar-refractivity contribution in [1.82, 2.24) is 9.80 Å². The summed E-state index contributed by atoms with van der Waals surface area (Å²) in [6.07, 6.45) is 0. The molecule has 8 heteroatoms. The molecule has 0 atom stereocenters. The molecule has 1 fully saturated rings. The number of anilines is 1. The van der Waals surface area contributed by atoms with Crippen molar-refractivity contribution in [2.75, 3.05) is 51.8 Å². The summed E-state index contributed by atoms with van der Waals surface area (Å²) in [6, 6.07) is 11.3. The van der Waals surface area contributed by atoms with Gasteiger partial charge in [-0.15, -0.1) is 0 Å². The van der Waals surface area contributed by atoms with Crippen LogP contribution in [0.5, 0.6) is 5.75 Å². The molecule has 0 saturated carbocycles. The van der Waals surface area contributed by atoms with Crippen LogP contribution < -0.4 is 9.64 Å². The van der Waals surface area contributed by atoms with Gasteiger partial charge in [0.2, 0.25) is 0 Å². The highest BCUT2D eigenvalue weighted by Gasteiger charge is 2.25. The Kier molecular flexibility index (Phi) is 6.59. The lowest BCUT2D eigenvalue weighted by Gasteiger charge is -2.34. The standard InChI is InChI=1S/C21H23ClFN3O3/c1-24(2)19-8-3-15(13-18(19)23)21(28)26-11-9-25(10-12-26)20(27)14-29-17-6-4-16(22)5-7-17/h3-8,13H,9-12,14H2,1-2H3. The maximum absolute atomic E-state index is 14.2. The average Bonchev–Trinajstić information content (AvgIpc) is 2.72. The van der Waals surface area contributed by atoms with Gasteiger partial charge in [-0.25, -0.2) is 4.39 Å². The van der Waals surface area contributed by atoms with E-state index in [1.807, 2.05) is 0 Å². The Balaban J connectivity index is 1.51. The maximum atomic E-state index is 14.2. The minimum absolute atomic E-state index is 0.0766. The molecule has 0 aliphatic carbocycles. The van der Waals surface area contributed by atoms with Crippen LogP contribution in [0.3, 0.4) is 0 Å². The van der Waals surface area contributed by atoms with Crippen molar-refractivity contribution in [2.24, 2.45) is 0 Å². The lowest BCUT2D eigenvalue weighted by Crippen LogP contribution is -2.51. The van der Waals surface area contributed by atoms with Gasteiger partial charge in [0.05, 0.1) is 5.69 Å². The molecule has 29 heavy (non-hydrogen) atoms. The second-order valence-electron chi connectivity index (χ2n) is 6.98. The van der Waals surface area contributed by atoms with Gasteiger partial charge in [0.1, 0.15) is 11.6 Å². The molecule has 6 nitrogen and oxygen atoms in total. The first kappa shape index (κ1) is 20.9. The summed E-state index contributed by atoms with van der Waals surface area (Å²) < 4.78 is 19.6. The largest absolute Gasteiger partial charge is 0.484 e. The van der Waals surface area contributed by atoms with E-state index in [-0.39, 0.29) is 18.4 Å². The fourth-order valence-corrected chi connectivity index (χ4v) is 3.24. The molecule has 154 valence electrons. The smallest absolute Gasteiger partial charge is 0.260 e. The minimum Gasteiger partial charge on any atom is -0.484 e. The molecule has 0 spiro atoms. The van der Waals surface area contributed by atoms with Crippen LogP contribution in [0.25, 0.3) is 0 Å². The summed E-state index contributed by atoms with van der Waals surface area (Å²) in [7, 11) is 3.49. The molecule has 2 aromatic rings. The van der Waals surface area contributed by atoms with Gasteiger partial charge >= 0.3 is 0 Å². The second-order valence-corrected chi connectivity index (χ2v) is 7.41. The van der Waals surface area contributed by atoms with Crippen molar-refractivity contribution in [1.29, 1.82) is 0 Å². The van der Waals surface area contributed by atoms with Crippen molar-refractivity contribution in [2.45, 2.75) is 0 Å². The van der Waals surface area contributed by atoms with E-state index >= 15 is 0 Å². The van der Waals surface area contributed by atoms with Crippen LogP contribution in [-0.4, -0.2) is 68.5 Å². The summed E-state index contributed by atoms with van der Waals surface area (Å²) in [5.41, 5.74) is 0.733. The number of carbonyl (C=O) groups is 2. The van der Waals surface area contributed by atoms with E-state index in [0.717, 1.165) is 0 Å². The van der Waals surface area contributed by atoms with Gasteiger partial charge in [0.15, 0.2) is 6.61 Å². The van der Waals surface area contributed by atoms with Crippen molar-refractivity contribution >= 4 is 29.1 Å². The Labute approximate surface area is 174 Å². The molecule has 1 aliphatic heterocycles. The van der Waals surface area contributed by atoms with Crippen LogP contribution in [0.2, 0.25) is 5.02 Å². The van der Waals surface area contributed by atoms with Crippen LogP contribution in [-0.2, 0) is 4.79 Å². The molecule has 0 bridgehead atoms. The first-order valence-corrected chi connectivity index (χ1v) is 9.65. The van der Waals surface area contributed by atoms with Crippen LogP contribution in [0.1, 0.15) is 10.4 Å². The Morgan fingerprint density at radius 1 is 1.03 bits per heavy atom. The molecular weight excluding hydrogens is 397 g/mol. The third kappa shape index (κ3) is 5.17. The minimum atomic E-state index is -0.436. The monoisotopic (exact) mass is 419 g/mol. The third-order valence-corrected chi connectivity index (χ3v) is 5.02. The van der Waals surface area contributed by atoms with E-state index in [9.17, 15) is 14.0 Å². The quantitative estimate of drug-likeness (QED) is 0.747. The zero-order valence-electron chi connectivity index (χ0n) is 16.4. The number of rotatable bonds is 5. The molecule has 2 amide bonds. The van der Waals surface area contributed by atoms with Crippen molar-refractivity contribution < 1.29 is 18.7 Å². The highest BCUT2D eigenvalue weighted by atomic mass is 35.5. The number of benzene rings is 2. The van der Waals surface area contributed by atoms with Crippen molar-refractivity contribution in [3.05, 3.63) is 58.9 Å². The van der Waals surface area contributed by atoms with Crippen molar-refractivity contribution in [3.63, 3.8) is 0 Å². The van der Waals surface area contributed by atoms with Gasteiger partial charge in [-0.05, 0) is 42.5 Å². The number of amides is 2. The van der Waals surface area contributed by atoms with Crippen LogP contribution in [0, 0.1) is 5.82 Å². The van der Waals surface area contributed by atoms with E-state index in [1.165, 1.54) is 6.07 Å². The van der Waals surface area contributed by atoms with Crippen LogP contribution in [0.4, 0.5) is 10.1 Å². The van der Waals surface area contributed by atoms with Crippen molar-refractivity contribution in [3.8, 4) is 5.75 Å². The van der Waals surface area contributed by atoms with E-state index < -0.39 is 5.82 Å². The number of carbonyl (C=O) groups excluding carboxylic acids is 2. The number of hydrogen-bond acceptors (Lipinski definition) is 4. The Morgan fingerprint density at radius 3 is 2.24 bits per heavy atom. The highest BCUT2D eigenvalue weighted by molar-refractivity contribution is 6.30. The number of piperazine rings is 1. The fraction of sp³-hybridized carbons (Fsp3) is 0.333. The summed E-state index contributed by atoms with van der Waals surface area (Å²) in [4.78, 5) is 30.0. The lowest BCUT2D eigenvalue weighted by molar-refractivity contribution is -0.134. The molecule has 1 aliphatic rings. The van der Waals surface area contributed by atoms with Gasteiger partial charge in [-0.3, -0.25) is 9.59 Å². The Hall–Kier alpha value is -2.80. The van der Waals surface area contributed by atoms with Crippen LogP contribution in [0.15, 0.2) is 42.5 Å². The van der Waals surface area contributed by atoms with Gasteiger partial charge in [0.25, 0.3) is 11.8 Å². The fourth-order valence-electron chi connectivity index (χ4n) is 3.11. The van der Waals surface area contributed by atoms with E-state index in [4.69, 9.17) is 16.3 Å². The van der Waals surface area contributed by atoms with Gasteiger partial charge in [-0.2, -0.15) is 0 Å². The van der Waals surface area contributed by atoms with E-state index in [1.54, 1.807) is 65.2 Å². The molecule has 0 radical (unpaired) electrons. The normalized spacial score (nSPS) is 13.9. The second kappa shape index (κ2) is 9.13. The molecule has 3 rings (SSSR count). The first-order chi connectivity index (χ1) is 13.8. The molecule has 1 saturated heterocycles. The first-order valence-electron chi connectivity index (χ1n) is 9.27. The Morgan fingerprint density at radius 2 is 1.66 bits per heavy atom. The molecule has 1 heterocycles. The zero-order valence-corrected chi connectivity index (χ0v) is 17.2. The number of halogens is 2. The lowest BCUT2D eigenvalue weighted by atomic mass is 10.1.